The van der Waals surface area contributed by atoms with Gasteiger partial charge in [0.2, 0.25) is 0 Å². The second-order valence-electron chi connectivity index (χ2n) is 6.25. The highest BCUT2D eigenvalue weighted by molar-refractivity contribution is 6.36. The molecule has 2 amide bonds. The van der Waals surface area contributed by atoms with Crippen molar-refractivity contribution in [3.8, 4) is 17.2 Å². The van der Waals surface area contributed by atoms with Crippen molar-refractivity contribution >= 4 is 40.7 Å². The number of nitro benzene ring substituents is 1. The first-order valence-electron chi connectivity index (χ1n) is 8.94. The zero-order valence-corrected chi connectivity index (χ0v) is 17.9. The first kappa shape index (κ1) is 22.9. The summed E-state index contributed by atoms with van der Waals surface area (Å²) < 4.78 is 10.8. The van der Waals surface area contributed by atoms with Crippen LogP contribution >= 0.6 is 23.2 Å². The molecule has 3 aromatic carbocycles. The zero-order chi connectivity index (χ0) is 23.3. The van der Waals surface area contributed by atoms with E-state index in [2.05, 4.69) is 10.9 Å². The van der Waals surface area contributed by atoms with Gasteiger partial charge < -0.3 is 9.47 Å². The van der Waals surface area contributed by atoms with Crippen molar-refractivity contribution in [2.45, 2.75) is 0 Å². The summed E-state index contributed by atoms with van der Waals surface area (Å²) in [7, 11) is 1.51. The summed E-state index contributed by atoms with van der Waals surface area (Å²) in [5.74, 6) is -0.538. The van der Waals surface area contributed by atoms with Crippen molar-refractivity contribution in [1.82, 2.24) is 10.9 Å². The summed E-state index contributed by atoms with van der Waals surface area (Å²) in [5.41, 5.74) is 3.98. The smallest absolute Gasteiger partial charge is 0.273 e. The number of nitro groups is 1. The molecule has 32 heavy (non-hydrogen) atoms. The number of nitrogens with zero attached hydrogens (tertiary/aromatic N) is 1. The molecule has 0 aliphatic carbocycles. The average Bonchev–Trinajstić information content (AvgIpc) is 2.78. The van der Waals surface area contributed by atoms with E-state index in [0.717, 1.165) is 6.07 Å². The summed E-state index contributed by atoms with van der Waals surface area (Å²) in [6.45, 7) is 0. The molecule has 0 saturated heterocycles. The summed E-state index contributed by atoms with van der Waals surface area (Å²) in [6, 6.07) is 14.3. The van der Waals surface area contributed by atoms with Gasteiger partial charge >= 0.3 is 0 Å². The number of amides is 2. The van der Waals surface area contributed by atoms with Crippen LogP contribution in [0.3, 0.4) is 0 Å². The molecule has 2 N–H and O–H groups in total. The summed E-state index contributed by atoms with van der Waals surface area (Å²) >= 11 is 11.8. The Morgan fingerprint density at radius 1 is 0.875 bits per heavy atom. The number of carbonyl (C=O) groups excluding carboxylic acids is 2. The lowest BCUT2D eigenvalue weighted by atomic mass is 10.1. The average molecular weight is 476 g/mol. The highest BCUT2D eigenvalue weighted by atomic mass is 35.5. The largest absolute Gasteiger partial charge is 0.497 e. The van der Waals surface area contributed by atoms with Gasteiger partial charge in [0, 0.05) is 17.2 Å². The third kappa shape index (κ3) is 5.45. The van der Waals surface area contributed by atoms with E-state index in [1.54, 1.807) is 24.3 Å². The predicted molar refractivity (Wildman–Crippen MR) is 118 cm³/mol. The number of carbonyl (C=O) groups is 2. The minimum atomic E-state index is -0.837. The Hall–Kier alpha value is -3.82. The highest BCUT2D eigenvalue weighted by Crippen LogP contribution is 2.30. The van der Waals surface area contributed by atoms with E-state index in [-0.39, 0.29) is 27.6 Å². The van der Waals surface area contributed by atoms with Crippen LogP contribution in [-0.4, -0.2) is 23.8 Å². The van der Waals surface area contributed by atoms with Crippen LogP contribution in [0.25, 0.3) is 0 Å². The van der Waals surface area contributed by atoms with E-state index in [0.29, 0.717) is 16.5 Å². The zero-order valence-electron chi connectivity index (χ0n) is 16.4. The number of halogens is 2. The molecule has 0 aliphatic heterocycles. The van der Waals surface area contributed by atoms with Gasteiger partial charge in [0.05, 0.1) is 28.2 Å². The molecule has 0 radical (unpaired) electrons. The predicted octanol–water partition coefficient (Wildman–Crippen LogP) is 4.78. The van der Waals surface area contributed by atoms with E-state index in [1.165, 1.54) is 37.4 Å². The fourth-order valence-corrected chi connectivity index (χ4v) is 3.08. The molecule has 0 unspecified atom stereocenters. The van der Waals surface area contributed by atoms with Crippen molar-refractivity contribution < 1.29 is 24.0 Å². The molecule has 0 heterocycles. The normalized spacial score (nSPS) is 10.2. The number of nitrogens with one attached hydrogen (secondary N) is 2. The van der Waals surface area contributed by atoms with Crippen molar-refractivity contribution in [2.24, 2.45) is 0 Å². The van der Waals surface area contributed by atoms with Crippen LogP contribution in [0.4, 0.5) is 5.69 Å². The Kier molecular flexibility index (Phi) is 7.14. The maximum absolute atomic E-state index is 12.7. The van der Waals surface area contributed by atoms with Gasteiger partial charge in [-0.3, -0.25) is 30.6 Å². The lowest BCUT2D eigenvalue weighted by molar-refractivity contribution is -0.384. The second kappa shape index (κ2) is 9.99. The summed E-state index contributed by atoms with van der Waals surface area (Å²) in [6.07, 6.45) is 0. The fourth-order valence-electron chi connectivity index (χ4n) is 2.59. The Bertz CT molecular complexity index is 1180. The number of benzene rings is 3. The van der Waals surface area contributed by atoms with Gasteiger partial charge in [-0.05, 0) is 48.5 Å². The molecular formula is C21H15Cl2N3O6. The number of non-ortho nitro benzene ring substituents is 1. The van der Waals surface area contributed by atoms with Crippen molar-refractivity contribution in [1.29, 1.82) is 0 Å². The molecule has 11 heteroatoms. The van der Waals surface area contributed by atoms with Gasteiger partial charge in [-0.1, -0.05) is 23.2 Å². The van der Waals surface area contributed by atoms with Crippen molar-refractivity contribution in [2.75, 3.05) is 7.11 Å². The van der Waals surface area contributed by atoms with Crippen LogP contribution in [-0.2, 0) is 0 Å². The third-order valence-corrected chi connectivity index (χ3v) is 4.72. The molecule has 0 spiro atoms. The van der Waals surface area contributed by atoms with Gasteiger partial charge in [0.15, 0.2) is 0 Å². The van der Waals surface area contributed by atoms with Crippen LogP contribution in [0.1, 0.15) is 20.7 Å². The molecule has 0 saturated carbocycles. The van der Waals surface area contributed by atoms with E-state index in [9.17, 15) is 19.7 Å². The highest BCUT2D eigenvalue weighted by Gasteiger charge is 2.20. The van der Waals surface area contributed by atoms with E-state index >= 15 is 0 Å². The number of rotatable bonds is 6. The lowest BCUT2D eigenvalue weighted by Crippen LogP contribution is -2.41. The summed E-state index contributed by atoms with van der Waals surface area (Å²) in [5, 5.41) is 11.6. The van der Waals surface area contributed by atoms with Gasteiger partial charge in [0.25, 0.3) is 17.5 Å². The van der Waals surface area contributed by atoms with Gasteiger partial charge in [-0.15, -0.1) is 0 Å². The standard InChI is InChI=1S/C21H15Cl2N3O6/c1-31-14-4-6-15(7-5-14)32-19-9-3-13(26(29)30)11-17(19)21(28)25-24-20(27)16-8-2-12(22)10-18(16)23/h2-11H,1H3,(H,24,27)(H,25,28). The quantitative estimate of drug-likeness (QED) is 0.391. The molecule has 0 aromatic heterocycles. The lowest BCUT2D eigenvalue weighted by Gasteiger charge is -2.13. The Balaban J connectivity index is 1.81. The number of hydrogen-bond donors (Lipinski definition) is 2. The topological polar surface area (TPSA) is 120 Å². The Morgan fingerprint density at radius 3 is 2.09 bits per heavy atom. The minimum absolute atomic E-state index is 0.0389. The molecule has 0 atom stereocenters. The number of hydrazine groups is 1. The van der Waals surface area contributed by atoms with Crippen molar-refractivity contribution in [3.05, 3.63) is 92.0 Å². The molecule has 0 aliphatic rings. The monoisotopic (exact) mass is 475 g/mol. The number of hydrogen-bond acceptors (Lipinski definition) is 6. The molecular weight excluding hydrogens is 461 g/mol. The second-order valence-corrected chi connectivity index (χ2v) is 7.09. The molecule has 164 valence electrons. The Labute approximate surface area is 192 Å². The minimum Gasteiger partial charge on any atom is -0.497 e. The molecule has 3 aromatic rings. The maximum Gasteiger partial charge on any atom is 0.273 e. The van der Waals surface area contributed by atoms with Gasteiger partial charge in [-0.2, -0.15) is 0 Å². The van der Waals surface area contributed by atoms with Gasteiger partial charge in [-0.25, -0.2) is 0 Å². The fraction of sp³-hybridized carbons (Fsp3) is 0.0476. The van der Waals surface area contributed by atoms with E-state index in [4.69, 9.17) is 32.7 Å². The van der Waals surface area contributed by atoms with Crippen LogP contribution in [0.2, 0.25) is 10.0 Å². The molecule has 0 fully saturated rings. The SMILES string of the molecule is COc1ccc(Oc2ccc([N+](=O)[O-])cc2C(=O)NNC(=O)c2ccc(Cl)cc2Cl)cc1. The number of ether oxygens (including phenoxy) is 2. The summed E-state index contributed by atoms with van der Waals surface area (Å²) in [4.78, 5) is 35.5. The molecule has 0 bridgehead atoms. The first-order valence-corrected chi connectivity index (χ1v) is 9.70. The van der Waals surface area contributed by atoms with Crippen molar-refractivity contribution in [3.63, 3.8) is 0 Å². The van der Waals surface area contributed by atoms with Crippen LogP contribution in [0.15, 0.2) is 60.7 Å². The maximum atomic E-state index is 12.7. The Morgan fingerprint density at radius 2 is 1.50 bits per heavy atom. The van der Waals surface area contributed by atoms with Crippen LogP contribution in [0.5, 0.6) is 17.2 Å². The third-order valence-electron chi connectivity index (χ3n) is 4.17. The van der Waals surface area contributed by atoms with E-state index < -0.39 is 16.7 Å². The van der Waals surface area contributed by atoms with Crippen LogP contribution < -0.4 is 20.3 Å². The van der Waals surface area contributed by atoms with E-state index in [1.807, 2.05) is 0 Å². The van der Waals surface area contributed by atoms with Gasteiger partial charge in [0.1, 0.15) is 17.2 Å². The first-order chi connectivity index (χ1) is 15.3. The van der Waals surface area contributed by atoms with Crippen LogP contribution in [0, 0.1) is 10.1 Å². The number of methoxy groups -OCH3 is 1. The molecule has 9 nitrogen and oxygen atoms in total. The molecule has 3 rings (SSSR count).